The smallest absolute Gasteiger partial charge is 0.320 e. The first-order valence-corrected chi connectivity index (χ1v) is 6.70. The lowest BCUT2D eigenvalue weighted by molar-refractivity contribution is -0.143. The zero-order valence-corrected chi connectivity index (χ0v) is 11.5. The number of pyridine rings is 1. The number of hydrogen-bond acceptors (Lipinski definition) is 3. The lowest BCUT2D eigenvalue weighted by Gasteiger charge is -2.33. The van der Waals surface area contributed by atoms with E-state index in [9.17, 15) is 9.59 Å². The van der Waals surface area contributed by atoms with Crippen molar-refractivity contribution in [2.24, 2.45) is 5.92 Å². The van der Waals surface area contributed by atoms with E-state index in [2.05, 4.69) is 4.98 Å². The van der Waals surface area contributed by atoms with Gasteiger partial charge in [-0.05, 0) is 25.0 Å². The lowest BCUT2D eigenvalue weighted by Crippen LogP contribution is -2.45. The van der Waals surface area contributed by atoms with Crippen LogP contribution in [-0.4, -0.2) is 52.0 Å². The molecular weight excluding hydrogens is 258 g/mol. The minimum absolute atomic E-state index is 0.0699. The fraction of sp³-hybridized carbons (Fsp3) is 0.500. The van der Waals surface area contributed by atoms with Crippen molar-refractivity contribution in [3.63, 3.8) is 0 Å². The number of likely N-dealkylation sites (tertiary alicyclic amines) is 1. The molecule has 2 heterocycles. The summed E-state index contributed by atoms with van der Waals surface area (Å²) in [7, 11) is 1.74. The third-order valence-corrected chi connectivity index (χ3v) is 3.57. The highest BCUT2D eigenvalue weighted by Crippen LogP contribution is 2.18. The Morgan fingerprint density at radius 1 is 1.40 bits per heavy atom. The summed E-state index contributed by atoms with van der Waals surface area (Å²) in [4.78, 5) is 30.7. The van der Waals surface area contributed by atoms with Crippen molar-refractivity contribution in [3.8, 4) is 0 Å². The molecule has 0 spiro atoms. The van der Waals surface area contributed by atoms with E-state index in [1.54, 1.807) is 23.0 Å². The van der Waals surface area contributed by atoms with Crippen LogP contribution in [0.4, 0.5) is 4.79 Å². The van der Waals surface area contributed by atoms with Gasteiger partial charge < -0.3 is 14.9 Å². The first-order chi connectivity index (χ1) is 9.58. The van der Waals surface area contributed by atoms with E-state index in [4.69, 9.17) is 5.11 Å². The summed E-state index contributed by atoms with van der Waals surface area (Å²) in [6, 6.07) is 5.53. The fourth-order valence-corrected chi connectivity index (χ4v) is 2.36. The van der Waals surface area contributed by atoms with Crippen molar-refractivity contribution in [3.05, 3.63) is 30.1 Å². The van der Waals surface area contributed by atoms with E-state index in [0.717, 1.165) is 5.69 Å². The lowest BCUT2D eigenvalue weighted by atomic mass is 9.97. The molecule has 1 aliphatic rings. The van der Waals surface area contributed by atoms with Crippen LogP contribution in [0.5, 0.6) is 0 Å². The summed E-state index contributed by atoms with van der Waals surface area (Å²) in [5, 5.41) is 8.95. The molecule has 2 amide bonds. The summed E-state index contributed by atoms with van der Waals surface area (Å²) in [5.41, 5.74) is 0.837. The number of urea groups is 1. The Morgan fingerprint density at radius 3 is 2.65 bits per heavy atom. The van der Waals surface area contributed by atoms with Crippen LogP contribution in [0.2, 0.25) is 0 Å². The van der Waals surface area contributed by atoms with Crippen LogP contribution >= 0.6 is 0 Å². The highest BCUT2D eigenvalue weighted by Gasteiger charge is 2.28. The number of aliphatic carboxylic acids is 1. The molecular formula is C14H19N3O3. The van der Waals surface area contributed by atoms with E-state index in [1.807, 2.05) is 18.2 Å². The van der Waals surface area contributed by atoms with Crippen molar-refractivity contribution in [2.45, 2.75) is 19.4 Å². The van der Waals surface area contributed by atoms with E-state index in [0.29, 0.717) is 32.5 Å². The number of nitrogens with zero attached hydrogens (tertiary/aromatic N) is 3. The summed E-state index contributed by atoms with van der Waals surface area (Å²) in [6.07, 6.45) is 2.75. The van der Waals surface area contributed by atoms with Crippen LogP contribution in [0.3, 0.4) is 0 Å². The van der Waals surface area contributed by atoms with Crippen molar-refractivity contribution in [1.29, 1.82) is 0 Å². The third-order valence-electron chi connectivity index (χ3n) is 3.57. The molecule has 1 aliphatic heterocycles. The minimum Gasteiger partial charge on any atom is -0.481 e. The Morgan fingerprint density at radius 2 is 2.10 bits per heavy atom. The average Bonchev–Trinajstić information content (AvgIpc) is 2.47. The van der Waals surface area contributed by atoms with Gasteiger partial charge >= 0.3 is 12.0 Å². The molecule has 6 nitrogen and oxygen atoms in total. The molecule has 0 aromatic carbocycles. The Labute approximate surface area is 118 Å². The second-order valence-electron chi connectivity index (χ2n) is 5.06. The molecule has 0 unspecified atom stereocenters. The molecule has 1 fully saturated rings. The molecule has 6 heteroatoms. The van der Waals surface area contributed by atoms with Gasteiger partial charge in [0.1, 0.15) is 0 Å². The van der Waals surface area contributed by atoms with Crippen LogP contribution in [0.1, 0.15) is 18.5 Å². The van der Waals surface area contributed by atoms with Crippen molar-refractivity contribution < 1.29 is 14.7 Å². The minimum atomic E-state index is -0.765. The predicted octanol–water partition coefficient (Wildman–Crippen LogP) is 1.43. The number of piperidine rings is 1. The molecule has 108 valence electrons. The number of carboxylic acids is 1. The van der Waals surface area contributed by atoms with Crippen LogP contribution in [-0.2, 0) is 11.3 Å². The monoisotopic (exact) mass is 277 g/mol. The van der Waals surface area contributed by atoms with E-state index in [-0.39, 0.29) is 11.9 Å². The molecule has 1 aromatic heterocycles. The number of aromatic nitrogens is 1. The molecule has 0 aliphatic carbocycles. The number of carbonyl (C=O) groups excluding carboxylic acids is 1. The van der Waals surface area contributed by atoms with Crippen LogP contribution in [0.25, 0.3) is 0 Å². The maximum absolute atomic E-state index is 12.3. The quantitative estimate of drug-likeness (QED) is 0.907. The van der Waals surface area contributed by atoms with Gasteiger partial charge in [0.05, 0.1) is 18.2 Å². The molecule has 1 saturated heterocycles. The number of hydrogen-bond donors (Lipinski definition) is 1. The molecule has 1 aromatic rings. The Hall–Kier alpha value is -2.11. The summed E-state index contributed by atoms with van der Waals surface area (Å²) in [5.74, 6) is -1.08. The van der Waals surface area contributed by atoms with Gasteiger partial charge in [-0.25, -0.2) is 4.79 Å². The standard InChI is InChI=1S/C14H19N3O3/c1-16(10-12-4-2-3-7-15-12)14(20)17-8-5-11(6-9-17)13(18)19/h2-4,7,11H,5-6,8-10H2,1H3,(H,18,19). The third kappa shape index (κ3) is 3.46. The van der Waals surface area contributed by atoms with Gasteiger partial charge in [0.25, 0.3) is 0 Å². The highest BCUT2D eigenvalue weighted by molar-refractivity contribution is 5.75. The Kier molecular flexibility index (Phi) is 4.55. The zero-order valence-electron chi connectivity index (χ0n) is 11.5. The van der Waals surface area contributed by atoms with E-state index in [1.165, 1.54) is 0 Å². The normalized spacial score (nSPS) is 15.9. The Bertz CT molecular complexity index is 470. The largest absolute Gasteiger partial charge is 0.481 e. The van der Waals surface area contributed by atoms with Crippen LogP contribution in [0.15, 0.2) is 24.4 Å². The summed E-state index contributed by atoms with van der Waals surface area (Å²) >= 11 is 0. The van der Waals surface area contributed by atoms with Gasteiger partial charge in [-0.1, -0.05) is 6.07 Å². The molecule has 2 rings (SSSR count). The fourth-order valence-electron chi connectivity index (χ4n) is 2.36. The Balaban J connectivity index is 1.87. The van der Waals surface area contributed by atoms with Gasteiger partial charge in [-0.3, -0.25) is 9.78 Å². The molecule has 0 atom stereocenters. The van der Waals surface area contributed by atoms with Crippen LogP contribution in [0, 0.1) is 5.92 Å². The molecule has 0 saturated carbocycles. The second-order valence-corrected chi connectivity index (χ2v) is 5.06. The molecule has 0 bridgehead atoms. The first-order valence-electron chi connectivity index (χ1n) is 6.70. The number of rotatable bonds is 3. The van der Waals surface area contributed by atoms with Gasteiger partial charge in [0.15, 0.2) is 0 Å². The number of carbonyl (C=O) groups is 2. The van der Waals surface area contributed by atoms with Crippen molar-refractivity contribution in [2.75, 3.05) is 20.1 Å². The molecule has 1 N–H and O–H groups in total. The maximum Gasteiger partial charge on any atom is 0.320 e. The van der Waals surface area contributed by atoms with Crippen LogP contribution < -0.4 is 0 Å². The van der Waals surface area contributed by atoms with Crippen molar-refractivity contribution >= 4 is 12.0 Å². The number of amides is 2. The average molecular weight is 277 g/mol. The number of carboxylic acid groups (broad SMARTS) is 1. The topological polar surface area (TPSA) is 73.7 Å². The van der Waals surface area contributed by atoms with Gasteiger partial charge in [-0.2, -0.15) is 0 Å². The predicted molar refractivity (Wildman–Crippen MR) is 73.0 cm³/mol. The van der Waals surface area contributed by atoms with E-state index >= 15 is 0 Å². The van der Waals surface area contributed by atoms with Crippen molar-refractivity contribution in [1.82, 2.24) is 14.8 Å². The highest BCUT2D eigenvalue weighted by atomic mass is 16.4. The van der Waals surface area contributed by atoms with Gasteiger partial charge in [0, 0.05) is 26.3 Å². The second kappa shape index (κ2) is 6.36. The molecule has 0 radical (unpaired) electrons. The van der Waals surface area contributed by atoms with E-state index < -0.39 is 5.97 Å². The summed E-state index contributed by atoms with van der Waals surface area (Å²) in [6.45, 7) is 1.46. The SMILES string of the molecule is CN(Cc1ccccn1)C(=O)N1CCC(C(=O)O)CC1. The first kappa shape index (κ1) is 14.3. The maximum atomic E-state index is 12.3. The zero-order chi connectivity index (χ0) is 14.5. The summed E-state index contributed by atoms with van der Waals surface area (Å²) < 4.78 is 0. The molecule has 20 heavy (non-hydrogen) atoms. The van der Waals surface area contributed by atoms with Gasteiger partial charge in [-0.15, -0.1) is 0 Å². The van der Waals surface area contributed by atoms with Gasteiger partial charge in [0.2, 0.25) is 0 Å².